The fraction of sp³-hybridized carbons (Fsp3) is 0.286. The van der Waals surface area contributed by atoms with Crippen LogP contribution < -0.4 is 11.1 Å². The van der Waals surface area contributed by atoms with Gasteiger partial charge in [0, 0.05) is 19.3 Å². The third-order valence-corrected chi connectivity index (χ3v) is 1.80. The molecule has 12 heavy (non-hydrogen) atoms. The van der Waals surface area contributed by atoms with Gasteiger partial charge in [0.1, 0.15) is 0 Å². The molecule has 0 bridgehead atoms. The Morgan fingerprint density at radius 2 is 2.00 bits per heavy atom. The molecule has 0 aromatic carbocycles. The van der Waals surface area contributed by atoms with Crippen LogP contribution in [0.25, 0.3) is 0 Å². The maximum absolute atomic E-state index is 5.67. The van der Waals surface area contributed by atoms with Crippen LogP contribution in [0.2, 0.25) is 0 Å². The number of hydrogen-bond donors (Lipinski definition) is 2. The number of nitrogens with two attached hydrogens (primary N) is 1. The van der Waals surface area contributed by atoms with E-state index in [9.17, 15) is 0 Å². The SMILES string of the molecule is Cl.Cl.Nc1cncc2c1CNC2. The fourth-order valence-electron chi connectivity index (χ4n) is 1.24. The Morgan fingerprint density at radius 3 is 2.67 bits per heavy atom. The van der Waals surface area contributed by atoms with Crippen molar-refractivity contribution in [3.63, 3.8) is 0 Å². The minimum Gasteiger partial charge on any atom is -0.397 e. The summed E-state index contributed by atoms with van der Waals surface area (Å²) in [7, 11) is 0. The molecule has 5 heteroatoms. The van der Waals surface area contributed by atoms with Gasteiger partial charge in [0.05, 0.1) is 11.9 Å². The molecule has 1 aromatic rings. The summed E-state index contributed by atoms with van der Waals surface area (Å²) >= 11 is 0. The van der Waals surface area contributed by atoms with Gasteiger partial charge in [-0.2, -0.15) is 0 Å². The second-order valence-corrected chi connectivity index (χ2v) is 2.47. The zero-order chi connectivity index (χ0) is 6.97. The van der Waals surface area contributed by atoms with Crippen LogP contribution in [0, 0.1) is 0 Å². The molecular formula is C7H11Cl2N3. The molecule has 68 valence electrons. The number of fused-ring (bicyclic) bond motifs is 1. The van der Waals surface area contributed by atoms with Crippen LogP contribution in [0.5, 0.6) is 0 Å². The number of rotatable bonds is 0. The van der Waals surface area contributed by atoms with E-state index in [1.165, 1.54) is 11.1 Å². The van der Waals surface area contributed by atoms with E-state index in [0.717, 1.165) is 18.8 Å². The molecule has 1 aromatic heterocycles. The van der Waals surface area contributed by atoms with E-state index in [4.69, 9.17) is 5.73 Å². The standard InChI is InChI=1S/C7H9N3.2ClH/c8-7-4-10-2-5-1-9-3-6(5)7;;/h2,4,9H,1,3,8H2;2*1H. The maximum Gasteiger partial charge on any atom is 0.0549 e. The van der Waals surface area contributed by atoms with Gasteiger partial charge in [-0.25, -0.2) is 0 Å². The largest absolute Gasteiger partial charge is 0.397 e. The molecule has 0 saturated carbocycles. The normalized spacial score (nSPS) is 12.7. The molecule has 2 rings (SSSR count). The van der Waals surface area contributed by atoms with Gasteiger partial charge < -0.3 is 11.1 Å². The van der Waals surface area contributed by atoms with E-state index < -0.39 is 0 Å². The summed E-state index contributed by atoms with van der Waals surface area (Å²) in [5.74, 6) is 0. The van der Waals surface area contributed by atoms with E-state index in [0.29, 0.717) is 0 Å². The van der Waals surface area contributed by atoms with Crippen molar-refractivity contribution in [2.75, 3.05) is 5.73 Å². The zero-order valence-corrected chi connectivity index (χ0v) is 8.04. The molecule has 0 unspecified atom stereocenters. The molecule has 2 heterocycles. The number of nitrogen functional groups attached to an aromatic ring is 1. The highest BCUT2D eigenvalue weighted by atomic mass is 35.5. The smallest absolute Gasteiger partial charge is 0.0549 e. The van der Waals surface area contributed by atoms with Crippen molar-refractivity contribution in [1.29, 1.82) is 0 Å². The minimum atomic E-state index is 0. The highest BCUT2D eigenvalue weighted by Crippen LogP contribution is 2.19. The maximum atomic E-state index is 5.67. The second-order valence-electron chi connectivity index (χ2n) is 2.47. The van der Waals surface area contributed by atoms with Gasteiger partial charge in [0.25, 0.3) is 0 Å². The highest BCUT2D eigenvalue weighted by Gasteiger charge is 2.11. The predicted molar refractivity (Wildman–Crippen MR) is 53.7 cm³/mol. The molecule has 0 aliphatic carbocycles. The van der Waals surface area contributed by atoms with Crippen molar-refractivity contribution in [2.45, 2.75) is 13.1 Å². The lowest BCUT2D eigenvalue weighted by Gasteiger charge is -1.98. The molecule has 0 radical (unpaired) electrons. The molecule has 0 spiro atoms. The van der Waals surface area contributed by atoms with Crippen molar-refractivity contribution < 1.29 is 0 Å². The summed E-state index contributed by atoms with van der Waals surface area (Å²) in [4.78, 5) is 3.99. The Hall–Kier alpha value is -0.510. The molecule has 1 aliphatic rings. The van der Waals surface area contributed by atoms with Gasteiger partial charge in [-0.15, -0.1) is 24.8 Å². The van der Waals surface area contributed by atoms with Crippen molar-refractivity contribution >= 4 is 30.5 Å². The lowest BCUT2D eigenvalue weighted by molar-refractivity contribution is 0.765. The minimum absolute atomic E-state index is 0. The summed E-state index contributed by atoms with van der Waals surface area (Å²) in [5, 5.41) is 3.21. The average molecular weight is 208 g/mol. The van der Waals surface area contributed by atoms with Gasteiger partial charge in [-0.3, -0.25) is 4.98 Å². The first kappa shape index (κ1) is 11.5. The first-order valence-corrected chi connectivity index (χ1v) is 3.30. The summed E-state index contributed by atoms with van der Waals surface area (Å²) in [5.41, 5.74) is 8.93. The van der Waals surface area contributed by atoms with Gasteiger partial charge in [-0.1, -0.05) is 0 Å². The number of hydrogen-bond acceptors (Lipinski definition) is 3. The molecular weight excluding hydrogens is 197 g/mol. The van der Waals surface area contributed by atoms with E-state index in [2.05, 4.69) is 10.3 Å². The third kappa shape index (κ3) is 1.80. The predicted octanol–water partition coefficient (Wildman–Crippen LogP) is 1.11. The topological polar surface area (TPSA) is 50.9 Å². The lowest BCUT2D eigenvalue weighted by Crippen LogP contribution is -2.00. The number of anilines is 1. The van der Waals surface area contributed by atoms with Crippen LogP contribution in [0.15, 0.2) is 12.4 Å². The van der Waals surface area contributed by atoms with Gasteiger partial charge in [0.15, 0.2) is 0 Å². The van der Waals surface area contributed by atoms with Gasteiger partial charge >= 0.3 is 0 Å². The summed E-state index contributed by atoms with van der Waals surface area (Å²) in [6, 6.07) is 0. The number of halogens is 2. The summed E-state index contributed by atoms with van der Waals surface area (Å²) in [6.07, 6.45) is 3.57. The molecule has 3 nitrogen and oxygen atoms in total. The zero-order valence-electron chi connectivity index (χ0n) is 6.41. The monoisotopic (exact) mass is 207 g/mol. The first-order chi connectivity index (χ1) is 4.88. The van der Waals surface area contributed by atoms with Crippen LogP contribution in [0.1, 0.15) is 11.1 Å². The van der Waals surface area contributed by atoms with Crippen LogP contribution in [-0.2, 0) is 13.1 Å². The van der Waals surface area contributed by atoms with Crippen LogP contribution in [0.3, 0.4) is 0 Å². The first-order valence-electron chi connectivity index (χ1n) is 3.30. The number of aromatic nitrogens is 1. The van der Waals surface area contributed by atoms with Crippen LogP contribution >= 0.6 is 24.8 Å². The molecule has 0 saturated heterocycles. The summed E-state index contributed by atoms with van der Waals surface area (Å²) < 4.78 is 0. The van der Waals surface area contributed by atoms with Gasteiger partial charge in [-0.05, 0) is 11.1 Å². The third-order valence-electron chi connectivity index (χ3n) is 1.80. The number of pyridine rings is 1. The molecule has 0 atom stereocenters. The van der Waals surface area contributed by atoms with Crippen molar-refractivity contribution in [3.05, 3.63) is 23.5 Å². The van der Waals surface area contributed by atoms with Crippen molar-refractivity contribution in [2.24, 2.45) is 0 Å². The lowest BCUT2D eigenvalue weighted by atomic mass is 10.2. The molecule has 0 fully saturated rings. The van der Waals surface area contributed by atoms with Crippen molar-refractivity contribution in [3.8, 4) is 0 Å². The van der Waals surface area contributed by atoms with Gasteiger partial charge in [0.2, 0.25) is 0 Å². The fourth-order valence-corrected chi connectivity index (χ4v) is 1.24. The highest BCUT2D eigenvalue weighted by molar-refractivity contribution is 5.85. The Morgan fingerprint density at radius 1 is 1.25 bits per heavy atom. The Labute approximate surface area is 83.6 Å². The van der Waals surface area contributed by atoms with Crippen LogP contribution in [-0.4, -0.2) is 4.98 Å². The average Bonchev–Trinajstić information content (AvgIpc) is 2.36. The van der Waals surface area contributed by atoms with Crippen LogP contribution in [0.4, 0.5) is 5.69 Å². The Kier molecular flexibility index (Phi) is 4.31. The van der Waals surface area contributed by atoms with E-state index in [-0.39, 0.29) is 24.8 Å². The molecule has 0 amide bonds. The molecule has 1 aliphatic heterocycles. The second kappa shape index (κ2) is 4.50. The van der Waals surface area contributed by atoms with E-state index in [1.54, 1.807) is 6.20 Å². The summed E-state index contributed by atoms with van der Waals surface area (Å²) in [6.45, 7) is 1.80. The number of nitrogens with one attached hydrogen (secondary N) is 1. The van der Waals surface area contributed by atoms with E-state index in [1.807, 2.05) is 6.20 Å². The molecule has 3 N–H and O–H groups in total. The quantitative estimate of drug-likeness (QED) is 0.671. The number of nitrogens with zero attached hydrogens (tertiary/aromatic N) is 1. The Bertz CT molecular complexity index is 265. The van der Waals surface area contributed by atoms with Crippen molar-refractivity contribution in [1.82, 2.24) is 10.3 Å². The van der Waals surface area contributed by atoms with E-state index >= 15 is 0 Å². The Balaban J connectivity index is 0.000000605.